The predicted molar refractivity (Wildman–Crippen MR) is 163 cm³/mol. The number of methoxy groups -OCH3 is 2. The molecule has 5 rings (SSSR count). The number of fused-ring (bicyclic) bond motifs is 1. The number of ether oxygens (including phenoxy) is 3. The summed E-state index contributed by atoms with van der Waals surface area (Å²) in [4.78, 5) is 35.5. The van der Waals surface area contributed by atoms with Gasteiger partial charge in [-0.15, -0.1) is 0 Å². The minimum Gasteiger partial charge on any atom is -0.497 e. The summed E-state index contributed by atoms with van der Waals surface area (Å²) in [7, 11) is 3.22. The monoisotopic (exact) mass is 581 g/mol. The van der Waals surface area contributed by atoms with E-state index in [1.807, 2.05) is 55.5 Å². The number of halogens is 1. The maximum atomic E-state index is 13.0. The number of nitrogens with one attached hydrogen (secondary N) is 1. The highest BCUT2D eigenvalue weighted by molar-refractivity contribution is 6.31. The molecule has 0 radical (unpaired) electrons. The second-order valence-corrected chi connectivity index (χ2v) is 9.99. The Morgan fingerprint density at radius 2 is 1.33 bits per heavy atom. The van der Waals surface area contributed by atoms with Gasteiger partial charge in [0, 0.05) is 21.8 Å². The van der Waals surface area contributed by atoms with Crippen molar-refractivity contribution in [3.05, 3.63) is 101 Å². The quantitative estimate of drug-likeness (QED) is 0.195. The number of benzene rings is 4. The van der Waals surface area contributed by atoms with Gasteiger partial charge in [-0.05, 0) is 98.3 Å². The fourth-order valence-corrected chi connectivity index (χ4v) is 4.46. The standard InChI is InChI=1S/C33H28ClN3O5/c1-19-5-11-24(18-27(19)34)35-32(38)20(2)42-33(39)23-10-16-28-29(17-23)37-31(22-8-14-26(41-4)15-9-22)30(36-28)21-6-12-25(40-3)13-7-21/h5-18,20H,1-4H3,(H,35,38). The zero-order valence-corrected chi connectivity index (χ0v) is 24.2. The third kappa shape index (κ3) is 6.19. The van der Waals surface area contributed by atoms with Crippen LogP contribution in [0.25, 0.3) is 33.5 Å². The summed E-state index contributed by atoms with van der Waals surface area (Å²) in [5, 5.41) is 3.25. The molecule has 0 aliphatic carbocycles. The van der Waals surface area contributed by atoms with Crippen LogP contribution in [0, 0.1) is 6.92 Å². The molecule has 0 spiro atoms. The molecule has 9 heteroatoms. The molecule has 5 aromatic rings. The number of aromatic nitrogens is 2. The SMILES string of the molecule is COc1ccc(-c2nc3ccc(C(=O)OC(C)C(=O)Nc4ccc(C)c(Cl)c4)cc3nc2-c2ccc(OC)cc2)cc1. The fourth-order valence-electron chi connectivity index (χ4n) is 4.28. The summed E-state index contributed by atoms with van der Waals surface area (Å²) in [5.41, 5.74) is 5.72. The highest BCUT2D eigenvalue weighted by Gasteiger charge is 2.21. The van der Waals surface area contributed by atoms with Crippen LogP contribution in [-0.2, 0) is 9.53 Å². The molecule has 1 N–H and O–H groups in total. The van der Waals surface area contributed by atoms with Crippen molar-refractivity contribution in [3.8, 4) is 34.0 Å². The second-order valence-electron chi connectivity index (χ2n) is 9.58. The molecule has 212 valence electrons. The van der Waals surface area contributed by atoms with Crippen LogP contribution in [0.15, 0.2) is 84.9 Å². The summed E-state index contributed by atoms with van der Waals surface area (Å²) in [6.45, 7) is 3.37. The number of amides is 1. The van der Waals surface area contributed by atoms with Crippen molar-refractivity contribution in [1.29, 1.82) is 0 Å². The summed E-state index contributed by atoms with van der Waals surface area (Å²) < 4.78 is 16.1. The smallest absolute Gasteiger partial charge is 0.338 e. The van der Waals surface area contributed by atoms with E-state index in [4.69, 9.17) is 35.8 Å². The van der Waals surface area contributed by atoms with E-state index in [0.29, 0.717) is 38.9 Å². The normalized spacial score (nSPS) is 11.5. The first kappa shape index (κ1) is 28.6. The van der Waals surface area contributed by atoms with Gasteiger partial charge in [-0.25, -0.2) is 14.8 Å². The lowest BCUT2D eigenvalue weighted by atomic mass is 10.0. The van der Waals surface area contributed by atoms with E-state index < -0.39 is 18.0 Å². The van der Waals surface area contributed by atoms with E-state index in [2.05, 4.69) is 5.32 Å². The first-order valence-electron chi connectivity index (χ1n) is 13.1. The highest BCUT2D eigenvalue weighted by Crippen LogP contribution is 2.33. The number of rotatable bonds is 8. The molecule has 0 aliphatic heterocycles. The van der Waals surface area contributed by atoms with Crippen LogP contribution in [0.1, 0.15) is 22.8 Å². The minimum atomic E-state index is -1.05. The van der Waals surface area contributed by atoms with E-state index in [-0.39, 0.29) is 5.56 Å². The van der Waals surface area contributed by atoms with E-state index in [1.54, 1.807) is 50.6 Å². The predicted octanol–water partition coefficient (Wildman–Crippen LogP) is 7.13. The van der Waals surface area contributed by atoms with Crippen LogP contribution in [0.3, 0.4) is 0 Å². The molecule has 1 heterocycles. The van der Waals surface area contributed by atoms with Crippen LogP contribution >= 0.6 is 11.6 Å². The molecule has 1 aromatic heterocycles. The lowest BCUT2D eigenvalue weighted by Crippen LogP contribution is -2.30. The first-order valence-corrected chi connectivity index (χ1v) is 13.5. The Balaban J connectivity index is 1.44. The molecular formula is C33H28ClN3O5. The van der Waals surface area contributed by atoms with Crippen molar-refractivity contribution in [2.45, 2.75) is 20.0 Å². The number of aryl methyl sites for hydroxylation is 1. The van der Waals surface area contributed by atoms with E-state index in [1.165, 1.54) is 6.92 Å². The third-order valence-electron chi connectivity index (χ3n) is 6.72. The Kier molecular flexibility index (Phi) is 8.36. The number of hydrogen-bond donors (Lipinski definition) is 1. The van der Waals surface area contributed by atoms with Gasteiger partial charge in [-0.1, -0.05) is 17.7 Å². The number of nitrogens with zero attached hydrogens (tertiary/aromatic N) is 2. The topological polar surface area (TPSA) is 99.6 Å². The van der Waals surface area contributed by atoms with Gasteiger partial charge < -0.3 is 19.5 Å². The number of anilines is 1. The molecule has 0 saturated carbocycles. The molecule has 1 unspecified atom stereocenters. The summed E-state index contributed by atoms with van der Waals surface area (Å²) in [5.74, 6) is 0.308. The van der Waals surface area contributed by atoms with Crippen LogP contribution in [0.2, 0.25) is 5.02 Å². The lowest BCUT2D eigenvalue weighted by Gasteiger charge is -2.15. The van der Waals surface area contributed by atoms with E-state index in [0.717, 1.165) is 22.4 Å². The number of hydrogen-bond acceptors (Lipinski definition) is 7. The molecule has 0 fully saturated rings. The van der Waals surface area contributed by atoms with Crippen molar-refractivity contribution >= 4 is 40.2 Å². The lowest BCUT2D eigenvalue weighted by molar-refractivity contribution is -0.123. The van der Waals surface area contributed by atoms with Crippen LogP contribution in [0.4, 0.5) is 5.69 Å². The Morgan fingerprint density at radius 1 is 0.762 bits per heavy atom. The van der Waals surface area contributed by atoms with E-state index in [9.17, 15) is 9.59 Å². The molecule has 0 saturated heterocycles. The minimum absolute atomic E-state index is 0.243. The van der Waals surface area contributed by atoms with Gasteiger partial charge >= 0.3 is 5.97 Å². The zero-order chi connectivity index (χ0) is 29.8. The molecule has 0 aliphatic rings. The number of carbonyl (C=O) groups is 2. The Bertz CT molecular complexity index is 1770. The second kappa shape index (κ2) is 12.3. The van der Waals surface area contributed by atoms with Crippen molar-refractivity contribution in [3.63, 3.8) is 0 Å². The average Bonchev–Trinajstić information content (AvgIpc) is 3.02. The molecule has 1 amide bonds. The van der Waals surface area contributed by atoms with Crippen LogP contribution < -0.4 is 14.8 Å². The summed E-state index contributed by atoms with van der Waals surface area (Å²) in [6.07, 6.45) is -1.05. The third-order valence-corrected chi connectivity index (χ3v) is 7.13. The summed E-state index contributed by atoms with van der Waals surface area (Å²) >= 11 is 6.15. The van der Waals surface area contributed by atoms with Crippen LogP contribution in [0.5, 0.6) is 11.5 Å². The van der Waals surface area contributed by atoms with Crippen molar-refractivity contribution < 1.29 is 23.8 Å². The van der Waals surface area contributed by atoms with Gasteiger partial charge in [0.05, 0.1) is 42.2 Å². The zero-order valence-electron chi connectivity index (χ0n) is 23.5. The van der Waals surface area contributed by atoms with Gasteiger partial charge in [0.1, 0.15) is 11.5 Å². The van der Waals surface area contributed by atoms with Gasteiger partial charge in [0.2, 0.25) is 0 Å². The molecule has 42 heavy (non-hydrogen) atoms. The number of esters is 1. The van der Waals surface area contributed by atoms with Gasteiger partial charge in [-0.3, -0.25) is 4.79 Å². The molecule has 1 atom stereocenters. The van der Waals surface area contributed by atoms with Crippen molar-refractivity contribution in [2.75, 3.05) is 19.5 Å². The molecule has 4 aromatic carbocycles. The maximum Gasteiger partial charge on any atom is 0.338 e. The van der Waals surface area contributed by atoms with Crippen LogP contribution in [-0.4, -0.2) is 42.2 Å². The van der Waals surface area contributed by atoms with Gasteiger partial charge in [0.15, 0.2) is 6.10 Å². The molecular weight excluding hydrogens is 554 g/mol. The Morgan fingerprint density at radius 3 is 1.88 bits per heavy atom. The first-order chi connectivity index (χ1) is 20.2. The highest BCUT2D eigenvalue weighted by atomic mass is 35.5. The molecule has 8 nitrogen and oxygen atoms in total. The van der Waals surface area contributed by atoms with E-state index >= 15 is 0 Å². The molecule has 0 bridgehead atoms. The summed E-state index contributed by atoms with van der Waals surface area (Å²) in [6, 6.07) is 25.2. The maximum absolute atomic E-state index is 13.0. The fraction of sp³-hybridized carbons (Fsp3) is 0.152. The Hall–Kier alpha value is -4.95. The van der Waals surface area contributed by atoms with Gasteiger partial charge in [-0.2, -0.15) is 0 Å². The van der Waals surface area contributed by atoms with Crippen molar-refractivity contribution in [1.82, 2.24) is 9.97 Å². The largest absolute Gasteiger partial charge is 0.497 e. The Labute approximate surface area is 248 Å². The van der Waals surface area contributed by atoms with Gasteiger partial charge in [0.25, 0.3) is 5.91 Å². The average molecular weight is 582 g/mol. The number of carbonyl (C=O) groups excluding carboxylic acids is 2. The van der Waals surface area contributed by atoms with Crippen molar-refractivity contribution in [2.24, 2.45) is 0 Å².